The Hall–Kier alpha value is -2.73. The van der Waals surface area contributed by atoms with E-state index in [1.165, 1.54) is 11.1 Å². The van der Waals surface area contributed by atoms with Crippen molar-refractivity contribution in [2.45, 2.75) is 19.0 Å². The molecular weight excluding hydrogens is 344 g/mol. The zero-order valence-corrected chi connectivity index (χ0v) is 15.7. The highest BCUT2D eigenvalue weighted by molar-refractivity contribution is 5.77. The molecule has 142 valence electrons. The molecule has 2 heterocycles. The number of rotatable bonds is 5. The molecular formula is C21H24N2O4. The lowest BCUT2D eigenvalue weighted by molar-refractivity contribution is -0.132. The van der Waals surface area contributed by atoms with E-state index >= 15 is 0 Å². The van der Waals surface area contributed by atoms with Gasteiger partial charge in [-0.3, -0.25) is 9.69 Å². The predicted octanol–water partition coefficient (Wildman–Crippen LogP) is 2.31. The first-order chi connectivity index (χ1) is 13.1. The van der Waals surface area contributed by atoms with Crippen LogP contribution in [-0.2, 0) is 17.8 Å². The molecule has 2 aromatic rings. The van der Waals surface area contributed by atoms with Crippen LogP contribution in [0.3, 0.4) is 0 Å². The predicted molar refractivity (Wildman–Crippen MR) is 101 cm³/mol. The summed E-state index contributed by atoms with van der Waals surface area (Å²) in [7, 11) is 3.95. The summed E-state index contributed by atoms with van der Waals surface area (Å²) in [5, 5.41) is 0. The average Bonchev–Trinajstić information content (AvgIpc) is 3.14. The lowest BCUT2D eigenvalue weighted by atomic mass is 9.94. The highest BCUT2D eigenvalue weighted by atomic mass is 16.7. The van der Waals surface area contributed by atoms with E-state index in [0.717, 1.165) is 13.0 Å². The van der Waals surface area contributed by atoms with Gasteiger partial charge in [-0.2, -0.15) is 0 Å². The highest BCUT2D eigenvalue weighted by Gasteiger charge is 2.25. The van der Waals surface area contributed by atoms with Crippen molar-refractivity contribution in [3.8, 4) is 17.2 Å². The zero-order valence-electron chi connectivity index (χ0n) is 15.7. The molecule has 2 aliphatic rings. The first kappa shape index (κ1) is 17.7. The number of benzene rings is 2. The normalized spacial score (nSPS) is 18.1. The van der Waals surface area contributed by atoms with Gasteiger partial charge in [-0.25, -0.2) is 0 Å². The fourth-order valence-electron chi connectivity index (χ4n) is 3.56. The molecule has 6 heteroatoms. The van der Waals surface area contributed by atoms with Gasteiger partial charge in [0.05, 0.1) is 0 Å². The van der Waals surface area contributed by atoms with Crippen molar-refractivity contribution in [2.75, 3.05) is 34.0 Å². The minimum absolute atomic E-state index is 0.00314. The molecule has 0 radical (unpaired) electrons. The topological polar surface area (TPSA) is 51.2 Å². The smallest absolute Gasteiger partial charge is 0.260 e. The van der Waals surface area contributed by atoms with E-state index in [9.17, 15) is 4.79 Å². The zero-order chi connectivity index (χ0) is 18.8. The first-order valence-electron chi connectivity index (χ1n) is 9.13. The second kappa shape index (κ2) is 7.48. The van der Waals surface area contributed by atoms with Crippen molar-refractivity contribution < 1.29 is 19.0 Å². The van der Waals surface area contributed by atoms with Crippen molar-refractivity contribution in [3.05, 3.63) is 53.6 Å². The van der Waals surface area contributed by atoms with E-state index in [4.69, 9.17) is 14.2 Å². The van der Waals surface area contributed by atoms with Crippen LogP contribution in [0.15, 0.2) is 42.5 Å². The van der Waals surface area contributed by atoms with Crippen LogP contribution in [0.2, 0.25) is 0 Å². The van der Waals surface area contributed by atoms with E-state index in [2.05, 4.69) is 36.2 Å². The molecule has 6 nitrogen and oxygen atoms in total. The number of carbonyl (C=O) groups excluding carboxylic acids is 1. The van der Waals surface area contributed by atoms with Crippen LogP contribution >= 0.6 is 0 Å². The summed E-state index contributed by atoms with van der Waals surface area (Å²) >= 11 is 0. The molecule has 2 aliphatic heterocycles. The number of amides is 1. The number of fused-ring (bicyclic) bond motifs is 2. The van der Waals surface area contributed by atoms with E-state index in [-0.39, 0.29) is 19.3 Å². The number of likely N-dealkylation sites (N-methyl/N-ethyl adjacent to an activating group) is 2. The molecule has 0 aromatic heterocycles. The molecule has 0 bridgehead atoms. The Morgan fingerprint density at radius 1 is 1.19 bits per heavy atom. The summed E-state index contributed by atoms with van der Waals surface area (Å²) in [5.74, 6) is 1.91. The average molecular weight is 368 g/mol. The lowest BCUT2D eigenvalue weighted by Gasteiger charge is -2.36. The Balaban J connectivity index is 1.32. The van der Waals surface area contributed by atoms with Gasteiger partial charge in [0.15, 0.2) is 18.1 Å². The van der Waals surface area contributed by atoms with Crippen LogP contribution in [0.25, 0.3) is 0 Å². The van der Waals surface area contributed by atoms with Crippen LogP contribution in [0, 0.1) is 0 Å². The van der Waals surface area contributed by atoms with Crippen molar-refractivity contribution in [2.24, 2.45) is 0 Å². The summed E-state index contributed by atoms with van der Waals surface area (Å²) in [6.45, 7) is 1.81. The minimum Gasteiger partial charge on any atom is -0.484 e. The fraction of sp³-hybridized carbons (Fsp3) is 0.381. The van der Waals surface area contributed by atoms with Crippen LogP contribution < -0.4 is 14.2 Å². The molecule has 0 unspecified atom stereocenters. The van der Waals surface area contributed by atoms with Crippen molar-refractivity contribution in [3.63, 3.8) is 0 Å². The summed E-state index contributed by atoms with van der Waals surface area (Å²) in [5.41, 5.74) is 2.74. The van der Waals surface area contributed by atoms with Crippen LogP contribution in [0.5, 0.6) is 17.2 Å². The Bertz CT molecular complexity index is 839. The van der Waals surface area contributed by atoms with Gasteiger partial charge >= 0.3 is 0 Å². The molecule has 0 saturated carbocycles. The number of carbonyl (C=O) groups is 1. The van der Waals surface area contributed by atoms with Gasteiger partial charge in [0.1, 0.15) is 5.75 Å². The van der Waals surface area contributed by atoms with Gasteiger partial charge in [0.25, 0.3) is 5.91 Å². The summed E-state index contributed by atoms with van der Waals surface area (Å²) < 4.78 is 16.3. The highest BCUT2D eigenvalue weighted by Crippen LogP contribution is 2.35. The SMILES string of the molecule is CN(C[C@@H]1Cc2ccccc2CN1C)C(=O)COc1ccc2c(c1)OCO2. The standard InChI is InChI=1S/C21H24N2O4/c1-22-11-16-6-4-3-5-15(16)9-17(22)12-23(2)21(24)13-25-18-7-8-19-20(10-18)27-14-26-19/h3-8,10,17H,9,11-14H2,1-2H3/t17-/m0/s1. The largest absolute Gasteiger partial charge is 0.484 e. The van der Waals surface area contributed by atoms with Crippen molar-refractivity contribution in [1.29, 1.82) is 0 Å². The summed E-state index contributed by atoms with van der Waals surface area (Å²) in [4.78, 5) is 16.6. The van der Waals surface area contributed by atoms with Crippen LogP contribution in [-0.4, -0.2) is 55.8 Å². The molecule has 1 atom stereocenters. The van der Waals surface area contributed by atoms with Crippen LogP contribution in [0.1, 0.15) is 11.1 Å². The van der Waals surface area contributed by atoms with Gasteiger partial charge in [0.2, 0.25) is 6.79 Å². The molecule has 0 saturated heterocycles. The Morgan fingerprint density at radius 2 is 1.96 bits per heavy atom. The first-order valence-corrected chi connectivity index (χ1v) is 9.13. The Morgan fingerprint density at radius 3 is 2.81 bits per heavy atom. The minimum atomic E-state index is -0.0417. The van der Waals surface area contributed by atoms with E-state index in [0.29, 0.717) is 29.8 Å². The maximum atomic E-state index is 12.5. The molecule has 4 rings (SSSR count). The maximum Gasteiger partial charge on any atom is 0.260 e. The van der Waals surface area contributed by atoms with Gasteiger partial charge in [-0.05, 0) is 36.7 Å². The van der Waals surface area contributed by atoms with Gasteiger partial charge in [0, 0.05) is 32.2 Å². The van der Waals surface area contributed by atoms with E-state index < -0.39 is 0 Å². The Kier molecular flexibility index (Phi) is 4.90. The van der Waals surface area contributed by atoms with Gasteiger partial charge in [-0.1, -0.05) is 24.3 Å². The monoisotopic (exact) mass is 368 g/mol. The van der Waals surface area contributed by atoms with Crippen molar-refractivity contribution >= 4 is 5.91 Å². The number of nitrogens with zero attached hydrogens (tertiary/aromatic N) is 2. The summed E-state index contributed by atoms with van der Waals surface area (Å²) in [6, 6.07) is 14.1. The van der Waals surface area contributed by atoms with Crippen LogP contribution in [0.4, 0.5) is 0 Å². The maximum absolute atomic E-state index is 12.5. The molecule has 0 spiro atoms. The number of hydrogen-bond acceptors (Lipinski definition) is 5. The number of ether oxygens (including phenoxy) is 3. The third-order valence-electron chi connectivity index (χ3n) is 5.23. The second-order valence-corrected chi connectivity index (χ2v) is 7.12. The molecule has 0 N–H and O–H groups in total. The Labute approximate surface area is 159 Å². The van der Waals surface area contributed by atoms with Gasteiger partial charge < -0.3 is 19.1 Å². The number of hydrogen-bond donors (Lipinski definition) is 0. The molecule has 27 heavy (non-hydrogen) atoms. The van der Waals surface area contributed by atoms with Crippen molar-refractivity contribution in [1.82, 2.24) is 9.80 Å². The lowest BCUT2D eigenvalue weighted by Crippen LogP contribution is -2.47. The van der Waals surface area contributed by atoms with Gasteiger partial charge in [-0.15, -0.1) is 0 Å². The molecule has 1 amide bonds. The van der Waals surface area contributed by atoms with E-state index in [1.807, 2.05) is 7.05 Å². The molecule has 2 aromatic carbocycles. The fourth-order valence-corrected chi connectivity index (χ4v) is 3.56. The third kappa shape index (κ3) is 3.85. The second-order valence-electron chi connectivity index (χ2n) is 7.12. The third-order valence-corrected chi connectivity index (χ3v) is 5.23. The molecule has 0 aliphatic carbocycles. The molecule has 0 fully saturated rings. The van der Waals surface area contributed by atoms with E-state index in [1.54, 1.807) is 23.1 Å². The quantitative estimate of drug-likeness (QED) is 0.811. The summed E-state index contributed by atoms with van der Waals surface area (Å²) in [6.07, 6.45) is 0.952.